The van der Waals surface area contributed by atoms with Gasteiger partial charge in [-0.1, -0.05) is 48.5 Å². The number of nitrogens with zero attached hydrogens (tertiary/aromatic N) is 2. The van der Waals surface area contributed by atoms with Crippen molar-refractivity contribution in [3.05, 3.63) is 89.5 Å². The SMILES string of the molecule is O=C(NCC(=O)N1CCN(c2ccccc2)CC1)c1ccc2c(c1)C(=O)c1ccccc1-2. The molecule has 2 amide bonds. The molecule has 1 aliphatic carbocycles. The maximum Gasteiger partial charge on any atom is 0.251 e. The molecule has 0 radical (unpaired) electrons. The van der Waals surface area contributed by atoms with Crippen LogP contribution in [0.25, 0.3) is 11.1 Å². The number of hydrogen-bond acceptors (Lipinski definition) is 4. The van der Waals surface area contributed by atoms with Crippen molar-refractivity contribution in [3.63, 3.8) is 0 Å². The van der Waals surface area contributed by atoms with Crippen molar-refractivity contribution in [2.75, 3.05) is 37.6 Å². The fourth-order valence-corrected chi connectivity index (χ4v) is 4.39. The Balaban J connectivity index is 1.18. The number of amides is 2. The van der Waals surface area contributed by atoms with Crippen molar-refractivity contribution in [3.8, 4) is 11.1 Å². The highest BCUT2D eigenvalue weighted by atomic mass is 16.2. The normalized spacial score (nSPS) is 14.7. The summed E-state index contributed by atoms with van der Waals surface area (Å²) in [6.07, 6.45) is 0. The molecule has 5 rings (SSSR count). The van der Waals surface area contributed by atoms with Gasteiger partial charge in [0.1, 0.15) is 0 Å². The van der Waals surface area contributed by atoms with E-state index in [1.807, 2.05) is 36.4 Å². The lowest BCUT2D eigenvalue weighted by atomic mass is 10.0. The molecule has 160 valence electrons. The lowest BCUT2D eigenvalue weighted by Crippen LogP contribution is -2.51. The molecule has 1 aliphatic heterocycles. The molecule has 0 aromatic heterocycles. The van der Waals surface area contributed by atoms with Gasteiger partial charge in [0.25, 0.3) is 5.91 Å². The topological polar surface area (TPSA) is 69.7 Å². The Hall–Kier alpha value is -3.93. The summed E-state index contributed by atoms with van der Waals surface area (Å²) in [5.74, 6) is -0.527. The van der Waals surface area contributed by atoms with Crippen LogP contribution in [-0.4, -0.2) is 55.2 Å². The van der Waals surface area contributed by atoms with Crippen molar-refractivity contribution in [1.82, 2.24) is 10.2 Å². The van der Waals surface area contributed by atoms with Gasteiger partial charge in [-0.3, -0.25) is 14.4 Å². The minimum Gasteiger partial charge on any atom is -0.368 e. The molecule has 32 heavy (non-hydrogen) atoms. The van der Waals surface area contributed by atoms with Crippen LogP contribution < -0.4 is 10.2 Å². The number of para-hydroxylation sites is 1. The predicted molar refractivity (Wildman–Crippen MR) is 123 cm³/mol. The molecular weight excluding hydrogens is 402 g/mol. The first kappa shape index (κ1) is 20.0. The van der Waals surface area contributed by atoms with Crippen LogP contribution in [0.3, 0.4) is 0 Å². The monoisotopic (exact) mass is 425 g/mol. The first-order valence-electron chi connectivity index (χ1n) is 10.8. The predicted octanol–water partition coefficient (Wildman–Crippen LogP) is 2.98. The summed E-state index contributed by atoms with van der Waals surface area (Å²) in [7, 11) is 0. The summed E-state index contributed by atoms with van der Waals surface area (Å²) in [4.78, 5) is 42.0. The van der Waals surface area contributed by atoms with Gasteiger partial charge in [0.15, 0.2) is 5.78 Å². The molecular formula is C26H23N3O3. The lowest BCUT2D eigenvalue weighted by Gasteiger charge is -2.36. The average Bonchev–Trinajstić information content (AvgIpc) is 3.14. The smallest absolute Gasteiger partial charge is 0.251 e. The van der Waals surface area contributed by atoms with Crippen molar-refractivity contribution in [2.24, 2.45) is 0 Å². The Labute approximate surface area is 186 Å². The molecule has 3 aromatic carbocycles. The molecule has 3 aromatic rings. The molecule has 0 unspecified atom stereocenters. The molecule has 0 bridgehead atoms. The van der Waals surface area contributed by atoms with Gasteiger partial charge in [-0.2, -0.15) is 0 Å². The van der Waals surface area contributed by atoms with Crippen LogP contribution in [0.15, 0.2) is 72.8 Å². The number of piperazine rings is 1. The second-order valence-corrected chi connectivity index (χ2v) is 8.02. The van der Waals surface area contributed by atoms with Gasteiger partial charge < -0.3 is 15.1 Å². The summed E-state index contributed by atoms with van der Waals surface area (Å²) in [5.41, 5.74) is 4.46. The van der Waals surface area contributed by atoms with E-state index >= 15 is 0 Å². The number of rotatable bonds is 4. The highest BCUT2D eigenvalue weighted by Gasteiger charge is 2.27. The van der Waals surface area contributed by atoms with Crippen LogP contribution in [-0.2, 0) is 4.79 Å². The van der Waals surface area contributed by atoms with Gasteiger partial charge in [0, 0.05) is 48.6 Å². The van der Waals surface area contributed by atoms with Crippen LogP contribution in [0.4, 0.5) is 5.69 Å². The molecule has 1 N–H and O–H groups in total. The number of anilines is 1. The van der Waals surface area contributed by atoms with Crippen LogP contribution in [0.2, 0.25) is 0 Å². The van der Waals surface area contributed by atoms with Crippen LogP contribution >= 0.6 is 0 Å². The number of nitrogens with one attached hydrogen (secondary N) is 1. The number of carbonyl (C=O) groups excluding carboxylic acids is 3. The van der Waals surface area contributed by atoms with E-state index in [1.54, 1.807) is 29.2 Å². The zero-order valence-corrected chi connectivity index (χ0v) is 17.6. The standard InChI is InChI=1S/C26H23N3O3/c30-24(29-14-12-28(13-15-29)19-6-2-1-3-7-19)17-27-26(32)18-10-11-21-20-8-4-5-9-22(20)25(31)23(21)16-18/h1-11,16H,12-15,17H2,(H,27,32). The summed E-state index contributed by atoms with van der Waals surface area (Å²) in [5, 5.41) is 2.71. The minimum absolute atomic E-state index is 0.0601. The van der Waals surface area contributed by atoms with Crippen LogP contribution in [0.1, 0.15) is 26.3 Å². The van der Waals surface area contributed by atoms with E-state index in [4.69, 9.17) is 0 Å². The molecule has 1 fully saturated rings. The van der Waals surface area contributed by atoms with E-state index in [1.165, 1.54) is 0 Å². The van der Waals surface area contributed by atoms with Crippen LogP contribution in [0, 0.1) is 0 Å². The lowest BCUT2D eigenvalue weighted by molar-refractivity contribution is -0.130. The molecule has 0 saturated carbocycles. The number of hydrogen-bond donors (Lipinski definition) is 1. The molecule has 1 heterocycles. The summed E-state index contributed by atoms with van der Waals surface area (Å²) >= 11 is 0. The Bertz CT molecular complexity index is 1200. The van der Waals surface area contributed by atoms with E-state index in [-0.39, 0.29) is 24.1 Å². The van der Waals surface area contributed by atoms with Crippen LogP contribution in [0.5, 0.6) is 0 Å². The first-order chi connectivity index (χ1) is 15.6. The summed E-state index contributed by atoms with van der Waals surface area (Å²) in [6.45, 7) is 2.70. The van der Waals surface area contributed by atoms with E-state index in [9.17, 15) is 14.4 Å². The maximum atomic E-state index is 12.7. The third-order valence-electron chi connectivity index (χ3n) is 6.14. The average molecular weight is 425 g/mol. The molecule has 1 saturated heterocycles. The highest BCUT2D eigenvalue weighted by Crippen LogP contribution is 2.36. The van der Waals surface area contributed by atoms with Gasteiger partial charge >= 0.3 is 0 Å². The van der Waals surface area contributed by atoms with Crippen molar-refractivity contribution >= 4 is 23.3 Å². The minimum atomic E-state index is -0.354. The first-order valence-corrected chi connectivity index (χ1v) is 10.8. The Kier molecular flexibility index (Phi) is 5.19. The van der Waals surface area contributed by atoms with E-state index < -0.39 is 0 Å². The number of benzene rings is 3. The van der Waals surface area contributed by atoms with Crippen molar-refractivity contribution in [2.45, 2.75) is 0 Å². The van der Waals surface area contributed by atoms with Gasteiger partial charge in [0.2, 0.25) is 5.91 Å². The van der Waals surface area contributed by atoms with E-state index in [0.29, 0.717) is 29.8 Å². The van der Waals surface area contributed by atoms with E-state index in [0.717, 1.165) is 29.9 Å². The molecule has 0 atom stereocenters. The zero-order valence-electron chi connectivity index (χ0n) is 17.6. The molecule has 6 nitrogen and oxygen atoms in total. The fraction of sp³-hybridized carbons (Fsp3) is 0.192. The number of carbonyl (C=O) groups is 3. The molecule has 2 aliphatic rings. The quantitative estimate of drug-likeness (QED) is 0.546. The van der Waals surface area contributed by atoms with Gasteiger partial charge in [-0.15, -0.1) is 0 Å². The Morgan fingerprint density at radius 3 is 2.16 bits per heavy atom. The van der Waals surface area contributed by atoms with Gasteiger partial charge in [-0.25, -0.2) is 0 Å². The number of fused-ring (bicyclic) bond motifs is 3. The van der Waals surface area contributed by atoms with Gasteiger partial charge in [0.05, 0.1) is 6.54 Å². The largest absolute Gasteiger partial charge is 0.368 e. The van der Waals surface area contributed by atoms with E-state index in [2.05, 4.69) is 22.3 Å². The Morgan fingerprint density at radius 2 is 1.41 bits per heavy atom. The fourth-order valence-electron chi connectivity index (χ4n) is 4.39. The van der Waals surface area contributed by atoms with Crippen molar-refractivity contribution in [1.29, 1.82) is 0 Å². The second-order valence-electron chi connectivity index (χ2n) is 8.02. The maximum absolute atomic E-state index is 12.7. The second kappa shape index (κ2) is 8.30. The third-order valence-corrected chi connectivity index (χ3v) is 6.14. The molecule has 6 heteroatoms. The van der Waals surface area contributed by atoms with Gasteiger partial charge in [-0.05, 0) is 35.4 Å². The van der Waals surface area contributed by atoms with Crippen molar-refractivity contribution < 1.29 is 14.4 Å². The number of ketones is 1. The summed E-state index contributed by atoms with van der Waals surface area (Å²) in [6, 6.07) is 22.7. The third kappa shape index (κ3) is 3.64. The zero-order chi connectivity index (χ0) is 22.1. The Morgan fingerprint density at radius 1 is 0.750 bits per heavy atom. The summed E-state index contributed by atoms with van der Waals surface area (Å²) < 4.78 is 0. The highest BCUT2D eigenvalue weighted by molar-refractivity contribution is 6.22. The molecule has 0 spiro atoms.